The van der Waals surface area contributed by atoms with Gasteiger partial charge in [-0.05, 0) is 46.0 Å². The summed E-state index contributed by atoms with van der Waals surface area (Å²) in [5.41, 5.74) is 20.6. The van der Waals surface area contributed by atoms with Gasteiger partial charge < -0.3 is 10.5 Å². The lowest BCUT2D eigenvalue weighted by Crippen LogP contribution is -2.32. The number of para-hydroxylation sites is 2. The third-order valence-electron chi connectivity index (χ3n) is 10.3. The zero-order valence-electron chi connectivity index (χ0n) is 27.6. The number of ether oxygens (including phenoxy) is 1. The van der Waals surface area contributed by atoms with Crippen LogP contribution < -0.4 is 10.5 Å². The number of benzene rings is 7. The molecule has 0 radical (unpaired) electrons. The number of hydrogen-bond donors (Lipinski definition) is 1. The van der Waals surface area contributed by atoms with Crippen LogP contribution in [0.4, 0.5) is 5.69 Å². The van der Waals surface area contributed by atoms with E-state index >= 15 is 0 Å². The Kier molecular flexibility index (Phi) is 6.52. The molecule has 2 heterocycles. The predicted molar refractivity (Wildman–Crippen MR) is 206 cm³/mol. The zero-order valence-corrected chi connectivity index (χ0v) is 27.6. The second kappa shape index (κ2) is 11.4. The monoisotopic (exact) mass is 653 g/mol. The molecule has 2 N–H and O–H groups in total. The lowest BCUT2D eigenvalue weighted by atomic mass is 9.65. The van der Waals surface area contributed by atoms with Gasteiger partial charge in [-0.3, -0.25) is 0 Å². The third kappa shape index (κ3) is 4.40. The Bertz CT molecular complexity index is 2530. The van der Waals surface area contributed by atoms with Crippen molar-refractivity contribution in [1.82, 2.24) is 9.97 Å². The van der Waals surface area contributed by atoms with Crippen LogP contribution in [0, 0.1) is 0 Å². The highest BCUT2D eigenvalue weighted by atomic mass is 16.5. The van der Waals surface area contributed by atoms with Crippen molar-refractivity contribution < 1.29 is 4.74 Å². The zero-order chi connectivity index (χ0) is 33.9. The number of fused-ring (bicyclic) bond motifs is 9. The first-order valence-corrected chi connectivity index (χ1v) is 17.2. The van der Waals surface area contributed by atoms with E-state index in [1.54, 1.807) is 0 Å². The molecule has 7 aromatic carbocycles. The van der Waals surface area contributed by atoms with E-state index in [0.29, 0.717) is 17.3 Å². The van der Waals surface area contributed by atoms with Crippen LogP contribution in [0.1, 0.15) is 22.3 Å². The van der Waals surface area contributed by atoms with Gasteiger partial charge in [-0.25, -0.2) is 9.97 Å². The highest BCUT2D eigenvalue weighted by Gasteiger charge is 2.51. The molecule has 10 rings (SSSR count). The lowest BCUT2D eigenvalue weighted by molar-refractivity contribution is 0.440. The minimum atomic E-state index is -0.596. The van der Waals surface area contributed by atoms with E-state index in [4.69, 9.17) is 20.4 Å². The van der Waals surface area contributed by atoms with E-state index in [0.717, 1.165) is 56.1 Å². The van der Waals surface area contributed by atoms with Gasteiger partial charge in [0.15, 0.2) is 11.6 Å². The number of nitrogen functional groups attached to an aromatic ring is 1. The predicted octanol–water partition coefficient (Wildman–Crippen LogP) is 11.2. The van der Waals surface area contributed by atoms with E-state index in [2.05, 4.69) is 127 Å². The molecule has 0 fully saturated rings. The fraction of sp³-hybridized carbons (Fsp3) is 0.0213. The Morgan fingerprint density at radius 2 is 0.882 bits per heavy atom. The number of anilines is 1. The molecule has 1 spiro atoms. The minimum absolute atomic E-state index is 0.596. The van der Waals surface area contributed by atoms with Crippen LogP contribution in [0.5, 0.6) is 11.5 Å². The van der Waals surface area contributed by atoms with Crippen LogP contribution in [0.15, 0.2) is 176 Å². The molecule has 4 heteroatoms. The minimum Gasteiger partial charge on any atom is -0.454 e. The standard InChI is InChI=1S/C47H31N3O/c48-41-27-13-26-40-45(41)51-44-34(22-12-25-39(44)47(40)37-23-9-7-20-35(37)36-21-8-10-24-38(36)47)32-18-11-19-33(28-32)43-29-42(30-14-3-1-4-15-30)49-46(50-43)31-16-5-2-6-17-31/h1-29H,48H2. The average molecular weight is 654 g/mol. The molecule has 0 unspecified atom stereocenters. The maximum absolute atomic E-state index is 6.96. The van der Waals surface area contributed by atoms with Crippen LogP contribution in [0.3, 0.4) is 0 Å². The van der Waals surface area contributed by atoms with E-state index in [9.17, 15) is 0 Å². The molecular weight excluding hydrogens is 623 g/mol. The summed E-state index contributed by atoms with van der Waals surface area (Å²) in [6, 6.07) is 61.2. The van der Waals surface area contributed by atoms with Crippen molar-refractivity contribution in [2.24, 2.45) is 0 Å². The Morgan fingerprint density at radius 1 is 0.392 bits per heavy atom. The highest BCUT2D eigenvalue weighted by molar-refractivity contribution is 5.91. The molecular formula is C47H31N3O. The van der Waals surface area contributed by atoms with Crippen LogP contribution in [-0.2, 0) is 5.41 Å². The van der Waals surface area contributed by atoms with Gasteiger partial charge in [0.1, 0.15) is 5.75 Å². The van der Waals surface area contributed by atoms with Gasteiger partial charge in [0, 0.05) is 33.4 Å². The van der Waals surface area contributed by atoms with E-state index in [1.165, 1.54) is 22.3 Å². The van der Waals surface area contributed by atoms with Crippen molar-refractivity contribution in [2.45, 2.75) is 5.41 Å². The van der Waals surface area contributed by atoms with Crippen molar-refractivity contribution in [3.05, 3.63) is 198 Å². The number of aromatic nitrogens is 2. The van der Waals surface area contributed by atoms with E-state index < -0.39 is 5.41 Å². The van der Waals surface area contributed by atoms with Crippen LogP contribution in [0.2, 0.25) is 0 Å². The van der Waals surface area contributed by atoms with Gasteiger partial charge in [0.05, 0.1) is 22.5 Å². The van der Waals surface area contributed by atoms with Crippen molar-refractivity contribution in [3.8, 4) is 67.7 Å². The molecule has 4 nitrogen and oxygen atoms in total. The SMILES string of the molecule is Nc1cccc2c1Oc1c(-c3cccc(-c4cc(-c5ccccc5)nc(-c5ccccc5)n4)c3)cccc1C21c2ccccc2-c2ccccc21. The smallest absolute Gasteiger partial charge is 0.160 e. The summed E-state index contributed by atoms with van der Waals surface area (Å²) in [6.07, 6.45) is 0. The quantitative estimate of drug-likeness (QED) is 0.192. The van der Waals surface area contributed by atoms with Crippen molar-refractivity contribution >= 4 is 5.69 Å². The molecule has 0 saturated heterocycles. The number of nitrogens with zero attached hydrogens (tertiary/aromatic N) is 2. The molecule has 1 aliphatic heterocycles. The molecule has 0 atom stereocenters. The average Bonchev–Trinajstić information content (AvgIpc) is 3.49. The molecule has 240 valence electrons. The van der Waals surface area contributed by atoms with Crippen LogP contribution in [-0.4, -0.2) is 9.97 Å². The van der Waals surface area contributed by atoms with Crippen LogP contribution in [0.25, 0.3) is 56.2 Å². The summed E-state index contributed by atoms with van der Waals surface area (Å²) in [5, 5.41) is 0. The summed E-state index contributed by atoms with van der Waals surface area (Å²) >= 11 is 0. The summed E-state index contributed by atoms with van der Waals surface area (Å²) in [6.45, 7) is 0. The maximum atomic E-state index is 6.96. The number of nitrogens with two attached hydrogens (primary N) is 1. The summed E-state index contributed by atoms with van der Waals surface area (Å²) < 4.78 is 6.96. The second-order valence-corrected chi connectivity index (χ2v) is 13.1. The van der Waals surface area contributed by atoms with Crippen molar-refractivity contribution in [2.75, 3.05) is 5.73 Å². The molecule has 1 aliphatic carbocycles. The van der Waals surface area contributed by atoms with Crippen molar-refractivity contribution in [1.29, 1.82) is 0 Å². The number of hydrogen-bond acceptors (Lipinski definition) is 4. The first-order chi connectivity index (χ1) is 25.2. The van der Waals surface area contributed by atoms with Gasteiger partial charge in [0.25, 0.3) is 0 Å². The first kappa shape index (κ1) is 29.2. The Labute approximate surface area is 296 Å². The fourth-order valence-corrected chi connectivity index (χ4v) is 8.11. The Hall–Kier alpha value is -6.78. The third-order valence-corrected chi connectivity index (χ3v) is 10.3. The molecule has 0 saturated carbocycles. The summed E-state index contributed by atoms with van der Waals surface area (Å²) in [5.74, 6) is 2.20. The molecule has 2 aliphatic rings. The van der Waals surface area contributed by atoms with Gasteiger partial charge in [-0.15, -0.1) is 0 Å². The first-order valence-electron chi connectivity index (χ1n) is 17.2. The Balaban J connectivity index is 1.19. The number of rotatable bonds is 4. The molecule has 51 heavy (non-hydrogen) atoms. The van der Waals surface area contributed by atoms with Gasteiger partial charge in [-0.1, -0.05) is 158 Å². The topological polar surface area (TPSA) is 61.0 Å². The van der Waals surface area contributed by atoms with E-state index in [1.807, 2.05) is 48.5 Å². The fourth-order valence-electron chi connectivity index (χ4n) is 8.11. The van der Waals surface area contributed by atoms with Gasteiger partial charge in [0.2, 0.25) is 0 Å². The van der Waals surface area contributed by atoms with Gasteiger partial charge >= 0.3 is 0 Å². The molecule has 1 aromatic heterocycles. The van der Waals surface area contributed by atoms with E-state index in [-0.39, 0.29) is 0 Å². The van der Waals surface area contributed by atoms with Gasteiger partial charge in [-0.2, -0.15) is 0 Å². The molecule has 8 aromatic rings. The second-order valence-electron chi connectivity index (χ2n) is 13.1. The summed E-state index contributed by atoms with van der Waals surface area (Å²) in [4.78, 5) is 10.1. The highest BCUT2D eigenvalue weighted by Crippen LogP contribution is 2.63. The Morgan fingerprint density at radius 3 is 1.59 bits per heavy atom. The lowest BCUT2D eigenvalue weighted by Gasteiger charge is -2.40. The molecule has 0 bridgehead atoms. The van der Waals surface area contributed by atoms with Crippen LogP contribution >= 0.6 is 0 Å². The summed E-state index contributed by atoms with van der Waals surface area (Å²) in [7, 11) is 0. The molecule has 0 amide bonds. The largest absolute Gasteiger partial charge is 0.454 e. The van der Waals surface area contributed by atoms with Crippen molar-refractivity contribution in [3.63, 3.8) is 0 Å². The normalized spacial score (nSPS) is 13.1. The maximum Gasteiger partial charge on any atom is 0.160 e.